The molecule has 2 amide bonds. The number of carbonyl (C=O) groups excluding carboxylic acids is 2. The molecule has 0 saturated carbocycles. The van der Waals surface area contributed by atoms with E-state index in [1.165, 1.54) is 12.1 Å². The number of ether oxygens (including phenoxy) is 2. The van der Waals surface area contributed by atoms with Crippen molar-refractivity contribution in [3.8, 4) is 11.5 Å². The number of methoxy groups -OCH3 is 1. The van der Waals surface area contributed by atoms with Gasteiger partial charge in [-0.3, -0.25) is 13.9 Å². The van der Waals surface area contributed by atoms with Crippen LogP contribution in [0.2, 0.25) is 0 Å². The Kier molecular flexibility index (Phi) is 10.1. The van der Waals surface area contributed by atoms with Gasteiger partial charge in [0.05, 0.1) is 21.8 Å². The Labute approximate surface area is 239 Å². The third kappa shape index (κ3) is 7.93. The SMILES string of the molecule is COCCCNC(=O)c1ccccc1NC(=O)CN(c1ccc(Oc2ccccc2)cc1)S(=O)(=O)c1ccccc1. The van der Waals surface area contributed by atoms with Gasteiger partial charge in [0, 0.05) is 20.3 Å². The summed E-state index contributed by atoms with van der Waals surface area (Å²) in [4.78, 5) is 26.0. The monoisotopic (exact) mass is 573 g/mol. The van der Waals surface area contributed by atoms with E-state index in [1.54, 1.807) is 73.8 Å². The second-order valence-electron chi connectivity index (χ2n) is 8.93. The third-order valence-corrected chi connectivity index (χ3v) is 7.77. The lowest BCUT2D eigenvalue weighted by molar-refractivity contribution is -0.114. The molecule has 0 saturated heterocycles. The Morgan fingerprint density at radius 3 is 2.07 bits per heavy atom. The number of nitrogens with zero attached hydrogens (tertiary/aromatic N) is 1. The molecule has 10 heteroatoms. The molecule has 212 valence electrons. The minimum atomic E-state index is -4.12. The fraction of sp³-hybridized carbons (Fsp3) is 0.161. The van der Waals surface area contributed by atoms with Gasteiger partial charge in [0.2, 0.25) is 5.91 Å². The average molecular weight is 574 g/mol. The van der Waals surface area contributed by atoms with Crippen LogP contribution in [0.5, 0.6) is 11.5 Å². The molecular weight excluding hydrogens is 542 g/mol. The first-order valence-corrected chi connectivity index (χ1v) is 14.4. The van der Waals surface area contributed by atoms with Crippen LogP contribution in [0, 0.1) is 0 Å². The van der Waals surface area contributed by atoms with Crippen molar-refractivity contribution in [2.75, 3.05) is 36.4 Å². The molecule has 41 heavy (non-hydrogen) atoms. The van der Waals surface area contributed by atoms with Crippen LogP contribution in [0.4, 0.5) is 11.4 Å². The highest BCUT2D eigenvalue weighted by Gasteiger charge is 2.27. The first kappa shape index (κ1) is 29.3. The Morgan fingerprint density at radius 2 is 1.39 bits per heavy atom. The van der Waals surface area contributed by atoms with E-state index in [-0.39, 0.29) is 27.7 Å². The van der Waals surface area contributed by atoms with Gasteiger partial charge in [-0.15, -0.1) is 0 Å². The maximum atomic E-state index is 13.7. The van der Waals surface area contributed by atoms with Crippen LogP contribution in [0.3, 0.4) is 0 Å². The number of carbonyl (C=O) groups is 2. The lowest BCUT2D eigenvalue weighted by atomic mass is 10.1. The Balaban J connectivity index is 1.56. The van der Waals surface area contributed by atoms with Gasteiger partial charge in [-0.1, -0.05) is 48.5 Å². The van der Waals surface area contributed by atoms with E-state index in [0.717, 1.165) is 4.31 Å². The summed E-state index contributed by atoms with van der Waals surface area (Å²) in [5.41, 5.74) is 0.803. The molecular formula is C31H31N3O6S. The Bertz CT molecular complexity index is 1550. The second kappa shape index (κ2) is 14.1. The fourth-order valence-electron chi connectivity index (χ4n) is 3.96. The van der Waals surface area contributed by atoms with Gasteiger partial charge in [-0.05, 0) is 67.1 Å². The number of hydrogen-bond acceptors (Lipinski definition) is 6. The standard InChI is InChI=1S/C31H31N3O6S/c1-39-22-10-21-32-31(36)28-15-8-9-16-29(28)33-30(35)23-34(41(37,38)27-13-6-3-7-14-27)24-17-19-26(20-18-24)40-25-11-4-2-5-12-25/h2-9,11-20H,10,21-23H2,1H3,(H,32,36)(H,33,35). The van der Waals surface area contributed by atoms with E-state index in [0.29, 0.717) is 31.1 Å². The molecule has 2 N–H and O–H groups in total. The largest absolute Gasteiger partial charge is 0.457 e. The van der Waals surface area contributed by atoms with Crippen molar-refractivity contribution < 1.29 is 27.5 Å². The number of rotatable bonds is 13. The summed E-state index contributed by atoms with van der Waals surface area (Å²) in [5, 5.41) is 5.50. The minimum absolute atomic E-state index is 0.0354. The number of sulfonamides is 1. The smallest absolute Gasteiger partial charge is 0.264 e. The minimum Gasteiger partial charge on any atom is -0.457 e. The van der Waals surface area contributed by atoms with E-state index in [9.17, 15) is 18.0 Å². The lowest BCUT2D eigenvalue weighted by Crippen LogP contribution is -2.38. The second-order valence-corrected chi connectivity index (χ2v) is 10.8. The molecule has 0 aliphatic carbocycles. The van der Waals surface area contributed by atoms with Gasteiger partial charge in [-0.25, -0.2) is 8.42 Å². The predicted octanol–water partition coefficient (Wildman–Crippen LogP) is 5.08. The first-order valence-electron chi connectivity index (χ1n) is 13.0. The lowest BCUT2D eigenvalue weighted by Gasteiger charge is -2.24. The van der Waals surface area contributed by atoms with Gasteiger partial charge in [0.25, 0.3) is 15.9 Å². The molecule has 0 fully saturated rings. The highest BCUT2D eigenvalue weighted by atomic mass is 32.2. The molecule has 4 aromatic rings. The van der Waals surface area contributed by atoms with E-state index in [2.05, 4.69) is 10.6 Å². The summed E-state index contributed by atoms with van der Waals surface area (Å²) in [6, 6.07) is 30.0. The van der Waals surface area contributed by atoms with Crippen molar-refractivity contribution in [3.63, 3.8) is 0 Å². The van der Waals surface area contributed by atoms with E-state index in [4.69, 9.17) is 9.47 Å². The van der Waals surface area contributed by atoms with Crippen LogP contribution in [-0.2, 0) is 19.6 Å². The quantitative estimate of drug-likeness (QED) is 0.216. The number of amides is 2. The molecule has 4 aromatic carbocycles. The molecule has 0 atom stereocenters. The zero-order valence-corrected chi connectivity index (χ0v) is 23.3. The third-order valence-electron chi connectivity index (χ3n) is 5.98. The zero-order valence-electron chi connectivity index (χ0n) is 22.5. The van der Waals surface area contributed by atoms with Crippen LogP contribution in [0.25, 0.3) is 0 Å². The average Bonchev–Trinajstić information content (AvgIpc) is 3.00. The van der Waals surface area contributed by atoms with Crippen LogP contribution < -0.4 is 19.7 Å². The van der Waals surface area contributed by atoms with Gasteiger partial charge >= 0.3 is 0 Å². The summed E-state index contributed by atoms with van der Waals surface area (Å²) in [6.07, 6.45) is 0.637. The van der Waals surface area contributed by atoms with Crippen molar-refractivity contribution in [2.45, 2.75) is 11.3 Å². The molecule has 0 aliphatic heterocycles. The normalized spacial score (nSPS) is 11.0. The molecule has 0 aromatic heterocycles. The molecule has 9 nitrogen and oxygen atoms in total. The topological polar surface area (TPSA) is 114 Å². The van der Waals surface area contributed by atoms with Crippen LogP contribution in [0.1, 0.15) is 16.8 Å². The van der Waals surface area contributed by atoms with Gasteiger partial charge in [0.15, 0.2) is 0 Å². The Morgan fingerprint density at radius 1 is 0.780 bits per heavy atom. The molecule has 0 aliphatic rings. The van der Waals surface area contributed by atoms with Crippen molar-refractivity contribution in [3.05, 3.63) is 115 Å². The highest BCUT2D eigenvalue weighted by molar-refractivity contribution is 7.92. The van der Waals surface area contributed by atoms with Gasteiger partial charge in [-0.2, -0.15) is 0 Å². The first-order chi connectivity index (χ1) is 19.9. The van der Waals surface area contributed by atoms with Crippen molar-refractivity contribution in [1.29, 1.82) is 0 Å². The van der Waals surface area contributed by atoms with Crippen LogP contribution >= 0.6 is 0 Å². The fourth-order valence-corrected chi connectivity index (χ4v) is 5.41. The highest BCUT2D eigenvalue weighted by Crippen LogP contribution is 2.28. The number of hydrogen-bond donors (Lipinski definition) is 2. The maximum Gasteiger partial charge on any atom is 0.264 e. The summed E-state index contributed by atoms with van der Waals surface area (Å²) in [6.45, 7) is 0.381. The summed E-state index contributed by atoms with van der Waals surface area (Å²) < 4.78 is 39.2. The summed E-state index contributed by atoms with van der Waals surface area (Å²) in [5.74, 6) is 0.162. The molecule has 0 spiro atoms. The molecule has 4 rings (SSSR count). The van der Waals surface area contributed by atoms with Crippen molar-refractivity contribution >= 4 is 33.2 Å². The van der Waals surface area contributed by atoms with Gasteiger partial charge < -0.3 is 20.1 Å². The molecule has 0 heterocycles. The number of para-hydroxylation sites is 2. The predicted molar refractivity (Wildman–Crippen MR) is 158 cm³/mol. The number of anilines is 2. The molecule has 0 unspecified atom stereocenters. The van der Waals surface area contributed by atoms with E-state index >= 15 is 0 Å². The molecule has 0 bridgehead atoms. The molecule has 0 radical (unpaired) electrons. The van der Waals surface area contributed by atoms with E-state index < -0.39 is 22.5 Å². The number of nitrogens with one attached hydrogen (secondary N) is 2. The van der Waals surface area contributed by atoms with E-state index in [1.807, 2.05) is 30.3 Å². The Hall–Kier alpha value is -4.67. The summed E-state index contributed by atoms with van der Waals surface area (Å²) in [7, 11) is -2.53. The maximum absolute atomic E-state index is 13.7. The van der Waals surface area contributed by atoms with Gasteiger partial charge in [0.1, 0.15) is 18.0 Å². The zero-order chi connectivity index (χ0) is 29.1. The van der Waals surface area contributed by atoms with Crippen molar-refractivity contribution in [2.24, 2.45) is 0 Å². The number of benzene rings is 4. The van der Waals surface area contributed by atoms with Crippen molar-refractivity contribution in [1.82, 2.24) is 5.32 Å². The van der Waals surface area contributed by atoms with Crippen LogP contribution in [-0.4, -0.2) is 47.0 Å². The van der Waals surface area contributed by atoms with Crippen LogP contribution in [0.15, 0.2) is 114 Å². The summed E-state index contributed by atoms with van der Waals surface area (Å²) >= 11 is 0.